The van der Waals surface area contributed by atoms with Gasteiger partial charge in [-0.15, -0.1) is 0 Å². The van der Waals surface area contributed by atoms with Crippen LogP contribution in [-0.4, -0.2) is 62.2 Å². The summed E-state index contributed by atoms with van der Waals surface area (Å²) < 4.78 is 7.82. The molecular weight excluding hydrogens is 316 g/mol. The van der Waals surface area contributed by atoms with Crippen molar-refractivity contribution >= 4 is 0 Å². The van der Waals surface area contributed by atoms with Crippen LogP contribution in [0.2, 0.25) is 0 Å². The molecule has 0 bridgehead atoms. The summed E-state index contributed by atoms with van der Waals surface area (Å²) in [5.41, 5.74) is 2.27. The van der Waals surface area contributed by atoms with Gasteiger partial charge in [0.2, 0.25) is 0 Å². The van der Waals surface area contributed by atoms with E-state index in [0.29, 0.717) is 6.04 Å². The zero-order valence-electron chi connectivity index (χ0n) is 14.8. The van der Waals surface area contributed by atoms with Crippen LogP contribution in [0, 0.1) is 0 Å². The van der Waals surface area contributed by atoms with Gasteiger partial charge in [-0.2, -0.15) is 0 Å². The minimum Gasteiger partial charge on any atom is -0.381 e. The molecule has 2 aliphatic heterocycles. The molecule has 134 valence electrons. The van der Waals surface area contributed by atoms with Crippen molar-refractivity contribution in [1.82, 2.24) is 29.3 Å². The van der Waals surface area contributed by atoms with Crippen LogP contribution in [0.1, 0.15) is 29.9 Å². The van der Waals surface area contributed by atoms with Gasteiger partial charge in [0.05, 0.1) is 12.2 Å². The topological polar surface area (TPSA) is 59.3 Å². The number of aromatic nitrogens is 4. The quantitative estimate of drug-likeness (QED) is 0.816. The van der Waals surface area contributed by atoms with E-state index in [1.54, 1.807) is 6.33 Å². The third-order valence-electron chi connectivity index (χ3n) is 5.09. The van der Waals surface area contributed by atoms with E-state index in [4.69, 9.17) is 9.72 Å². The van der Waals surface area contributed by atoms with Gasteiger partial charge in [-0.1, -0.05) is 0 Å². The lowest BCUT2D eigenvalue weighted by Crippen LogP contribution is -2.43. The lowest BCUT2D eigenvalue weighted by Gasteiger charge is -2.36. The first-order chi connectivity index (χ1) is 12.3. The monoisotopic (exact) mass is 342 g/mol. The van der Waals surface area contributed by atoms with Gasteiger partial charge in [-0.05, 0) is 19.9 Å². The molecule has 1 saturated heterocycles. The minimum atomic E-state index is 0.656. The summed E-state index contributed by atoms with van der Waals surface area (Å²) in [5, 5.41) is 0. The highest BCUT2D eigenvalue weighted by molar-refractivity contribution is 5.08. The van der Waals surface area contributed by atoms with Crippen molar-refractivity contribution in [2.45, 2.75) is 45.1 Å². The summed E-state index contributed by atoms with van der Waals surface area (Å²) in [7, 11) is 2.11. The average molecular weight is 342 g/mol. The molecule has 2 aliphatic rings. The largest absolute Gasteiger partial charge is 0.381 e. The molecule has 0 spiro atoms. The van der Waals surface area contributed by atoms with Gasteiger partial charge in [0.15, 0.2) is 0 Å². The van der Waals surface area contributed by atoms with Crippen molar-refractivity contribution in [2.75, 3.05) is 26.8 Å². The van der Waals surface area contributed by atoms with E-state index < -0.39 is 0 Å². The van der Waals surface area contributed by atoms with E-state index in [0.717, 1.165) is 70.0 Å². The Kier molecular flexibility index (Phi) is 5.05. The lowest BCUT2D eigenvalue weighted by molar-refractivity contribution is 0.0235. The minimum absolute atomic E-state index is 0.656. The van der Waals surface area contributed by atoms with Gasteiger partial charge < -0.3 is 9.30 Å². The summed E-state index contributed by atoms with van der Waals surface area (Å²) in [6.45, 7) is 6.58. The fraction of sp³-hybridized carbons (Fsp3) is 0.611. The Balaban J connectivity index is 1.36. The summed E-state index contributed by atoms with van der Waals surface area (Å²) in [5.74, 6) is 1.20. The Morgan fingerprint density at radius 1 is 1.16 bits per heavy atom. The molecule has 1 fully saturated rings. The maximum atomic E-state index is 5.49. The van der Waals surface area contributed by atoms with Crippen molar-refractivity contribution in [3.05, 3.63) is 42.0 Å². The van der Waals surface area contributed by atoms with E-state index in [2.05, 4.69) is 37.6 Å². The molecule has 0 aliphatic carbocycles. The Morgan fingerprint density at radius 2 is 1.96 bits per heavy atom. The standard InChI is InChI=1S/C18H26N6O/c1-22(10-15-8-19-14-20-9-15)11-16-12-24-5-4-23(13-18(24)21-16)17-2-6-25-7-3-17/h8-9,12,14,17H,2-7,10-11,13H2,1H3. The number of imidazole rings is 1. The van der Waals surface area contributed by atoms with Crippen LogP contribution in [0.15, 0.2) is 24.9 Å². The van der Waals surface area contributed by atoms with Crippen LogP contribution in [0.25, 0.3) is 0 Å². The Bertz CT molecular complexity index is 682. The van der Waals surface area contributed by atoms with Crippen LogP contribution in [0.3, 0.4) is 0 Å². The summed E-state index contributed by atoms with van der Waals surface area (Å²) in [6.07, 6.45) is 9.82. The highest BCUT2D eigenvalue weighted by Gasteiger charge is 2.26. The average Bonchev–Trinajstić information content (AvgIpc) is 3.04. The molecule has 0 radical (unpaired) electrons. The normalized spacial score (nSPS) is 19.3. The Labute approximate surface area is 148 Å². The van der Waals surface area contributed by atoms with Gasteiger partial charge in [-0.25, -0.2) is 15.0 Å². The first-order valence-corrected chi connectivity index (χ1v) is 9.07. The van der Waals surface area contributed by atoms with E-state index >= 15 is 0 Å². The predicted molar refractivity (Wildman–Crippen MR) is 93.7 cm³/mol. The van der Waals surface area contributed by atoms with Crippen molar-refractivity contribution < 1.29 is 4.74 Å². The Morgan fingerprint density at radius 3 is 2.76 bits per heavy atom. The highest BCUT2D eigenvalue weighted by Crippen LogP contribution is 2.21. The number of rotatable bonds is 5. The van der Waals surface area contributed by atoms with Crippen molar-refractivity contribution in [1.29, 1.82) is 0 Å². The number of fused-ring (bicyclic) bond motifs is 1. The maximum absolute atomic E-state index is 5.49. The first-order valence-electron chi connectivity index (χ1n) is 9.07. The molecule has 4 heterocycles. The zero-order chi connectivity index (χ0) is 17.1. The van der Waals surface area contributed by atoms with E-state index in [1.165, 1.54) is 5.82 Å². The van der Waals surface area contributed by atoms with Gasteiger partial charge >= 0.3 is 0 Å². The molecule has 0 aromatic carbocycles. The molecular formula is C18H26N6O. The molecule has 0 unspecified atom stereocenters. The molecule has 4 rings (SSSR count). The molecule has 2 aromatic heterocycles. The van der Waals surface area contributed by atoms with Gasteiger partial charge in [0, 0.05) is 69.6 Å². The molecule has 2 aromatic rings. The molecule has 7 nitrogen and oxygen atoms in total. The molecule has 25 heavy (non-hydrogen) atoms. The fourth-order valence-electron chi connectivity index (χ4n) is 3.82. The lowest BCUT2D eigenvalue weighted by atomic mass is 10.1. The second kappa shape index (κ2) is 7.59. The van der Waals surface area contributed by atoms with Crippen LogP contribution in [0.5, 0.6) is 0 Å². The van der Waals surface area contributed by atoms with Gasteiger partial charge in [0.25, 0.3) is 0 Å². The third kappa shape index (κ3) is 4.05. The fourth-order valence-corrected chi connectivity index (χ4v) is 3.82. The van der Waals surface area contributed by atoms with E-state index in [9.17, 15) is 0 Å². The van der Waals surface area contributed by atoms with Crippen LogP contribution in [0.4, 0.5) is 0 Å². The van der Waals surface area contributed by atoms with Gasteiger partial charge in [0.1, 0.15) is 12.2 Å². The van der Waals surface area contributed by atoms with Crippen LogP contribution >= 0.6 is 0 Å². The van der Waals surface area contributed by atoms with Crippen molar-refractivity contribution in [2.24, 2.45) is 0 Å². The van der Waals surface area contributed by atoms with Crippen molar-refractivity contribution in [3.63, 3.8) is 0 Å². The smallest absolute Gasteiger partial charge is 0.123 e. The molecule has 0 saturated carbocycles. The molecule has 0 atom stereocenters. The zero-order valence-corrected chi connectivity index (χ0v) is 14.8. The predicted octanol–water partition coefficient (Wildman–Crippen LogP) is 1.30. The number of ether oxygens (including phenoxy) is 1. The molecule has 0 N–H and O–H groups in total. The molecule has 0 amide bonds. The van der Waals surface area contributed by atoms with Crippen molar-refractivity contribution in [3.8, 4) is 0 Å². The van der Waals surface area contributed by atoms with Crippen LogP contribution < -0.4 is 0 Å². The highest BCUT2D eigenvalue weighted by atomic mass is 16.5. The summed E-state index contributed by atoms with van der Waals surface area (Å²) >= 11 is 0. The van der Waals surface area contributed by atoms with E-state index in [1.807, 2.05) is 12.4 Å². The third-order valence-corrected chi connectivity index (χ3v) is 5.09. The number of hydrogen-bond acceptors (Lipinski definition) is 6. The second-order valence-electron chi connectivity index (χ2n) is 7.07. The molecule has 7 heteroatoms. The second-order valence-corrected chi connectivity index (χ2v) is 7.07. The van der Waals surface area contributed by atoms with E-state index in [-0.39, 0.29) is 0 Å². The SMILES string of the molecule is CN(Cc1cncnc1)Cc1cn2c(n1)CN(C1CCOCC1)CC2. The first kappa shape index (κ1) is 16.6. The number of nitrogens with zero attached hydrogens (tertiary/aromatic N) is 6. The van der Waals surface area contributed by atoms with Crippen LogP contribution in [-0.2, 0) is 30.9 Å². The van der Waals surface area contributed by atoms with Gasteiger partial charge in [-0.3, -0.25) is 9.80 Å². The Hall–Kier alpha value is -1.83. The summed E-state index contributed by atoms with van der Waals surface area (Å²) in [6, 6.07) is 0.656. The number of hydrogen-bond donors (Lipinski definition) is 0. The maximum Gasteiger partial charge on any atom is 0.123 e. The summed E-state index contributed by atoms with van der Waals surface area (Å²) in [4.78, 5) is 17.9.